The Labute approximate surface area is 112 Å². The van der Waals surface area contributed by atoms with Crippen molar-refractivity contribution in [2.24, 2.45) is 11.7 Å². The zero-order valence-electron chi connectivity index (χ0n) is 11.2. The first kappa shape index (κ1) is 13.5. The maximum Gasteiger partial charge on any atom is 0.244 e. The molecular weight excluding hydrogens is 242 g/mol. The number of hydrogen-bond acceptors (Lipinski definition) is 3. The number of anilines is 2. The average molecular weight is 261 g/mol. The van der Waals surface area contributed by atoms with Gasteiger partial charge in [0.2, 0.25) is 11.8 Å². The van der Waals surface area contributed by atoms with Crippen LogP contribution >= 0.6 is 0 Å². The molecule has 1 aliphatic rings. The Morgan fingerprint density at radius 2 is 1.58 bits per heavy atom. The molecule has 0 heterocycles. The van der Waals surface area contributed by atoms with Crippen LogP contribution in [0, 0.1) is 5.92 Å². The summed E-state index contributed by atoms with van der Waals surface area (Å²) in [5.74, 6) is -0.242. The fourth-order valence-electron chi connectivity index (χ4n) is 1.54. The summed E-state index contributed by atoms with van der Waals surface area (Å²) in [6, 6.07) is 7.01. The highest BCUT2D eigenvalue weighted by Crippen LogP contribution is 2.33. The Kier molecular flexibility index (Phi) is 3.57. The summed E-state index contributed by atoms with van der Waals surface area (Å²) in [7, 11) is 0. The normalized spacial score (nSPS) is 16.0. The number of hydrogen-bond donors (Lipinski definition) is 3. The minimum absolute atomic E-state index is 0.0318. The molecule has 1 saturated carbocycles. The number of rotatable bonds is 4. The van der Waals surface area contributed by atoms with Crippen LogP contribution in [0.5, 0.6) is 0 Å². The zero-order chi connectivity index (χ0) is 14.0. The van der Waals surface area contributed by atoms with Crippen LogP contribution in [0.4, 0.5) is 11.4 Å². The second-order valence-corrected chi connectivity index (χ2v) is 5.33. The fraction of sp³-hybridized carbons (Fsp3) is 0.429. The lowest BCUT2D eigenvalue weighted by Crippen LogP contribution is -2.37. The predicted molar refractivity (Wildman–Crippen MR) is 74.7 cm³/mol. The lowest BCUT2D eigenvalue weighted by Gasteiger charge is -2.11. The lowest BCUT2D eigenvalue weighted by molar-refractivity contribution is -0.119. The topological polar surface area (TPSA) is 84.2 Å². The SMILES string of the molecule is CC(C)C(=O)Nc1ccc(NC(=O)C2(N)CC2)cc1. The largest absolute Gasteiger partial charge is 0.326 e. The molecule has 2 amide bonds. The van der Waals surface area contributed by atoms with Gasteiger partial charge in [0, 0.05) is 17.3 Å². The molecule has 5 nitrogen and oxygen atoms in total. The highest BCUT2D eigenvalue weighted by atomic mass is 16.2. The molecule has 0 aliphatic heterocycles. The Hall–Kier alpha value is -1.88. The standard InChI is InChI=1S/C14H19N3O2/c1-9(2)12(18)16-10-3-5-11(6-4-10)17-13(19)14(15)7-8-14/h3-6,9H,7-8,15H2,1-2H3,(H,16,18)(H,17,19). The quantitative estimate of drug-likeness (QED) is 0.771. The van der Waals surface area contributed by atoms with Gasteiger partial charge in [-0.05, 0) is 37.1 Å². The van der Waals surface area contributed by atoms with Crippen LogP contribution in [-0.4, -0.2) is 17.4 Å². The van der Waals surface area contributed by atoms with Crippen molar-refractivity contribution in [3.8, 4) is 0 Å². The van der Waals surface area contributed by atoms with Crippen molar-refractivity contribution in [3.05, 3.63) is 24.3 Å². The first-order valence-electron chi connectivity index (χ1n) is 6.42. The molecule has 0 bridgehead atoms. The molecule has 1 aromatic rings. The summed E-state index contributed by atoms with van der Waals surface area (Å²) in [6.07, 6.45) is 1.47. The highest BCUT2D eigenvalue weighted by Gasteiger charge is 2.45. The van der Waals surface area contributed by atoms with Crippen LogP contribution < -0.4 is 16.4 Å². The van der Waals surface area contributed by atoms with Gasteiger partial charge in [-0.25, -0.2) is 0 Å². The molecule has 0 saturated heterocycles. The van der Waals surface area contributed by atoms with Crippen LogP contribution in [0.1, 0.15) is 26.7 Å². The van der Waals surface area contributed by atoms with Gasteiger partial charge < -0.3 is 16.4 Å². The minimum Gasteiger partial charge on any atom is -0.326 e. The molecule has 102 valence electrons. The number of carbonyl (C=O) groups is 2. The second-order valence-electron chi connectivity index (χ2n) is 5.33. The summed E-state index contributed by atoms with van der Waals surface area (Å²) in [5.41, 5.74) is 6.52. The molecule has 0 aromatic heterocycles. The van der Waals surface area contributed by atoms with E-state index in [9.17, 15) is 9.59 Å². The van der Waals surface area contributed by atoms with Gasteiger partial charge >= 0.3 is 0 Å². The number of nitrogens with one attached hydrogen (secondary N) is 2. The number of amides is 2. The van der Waals surface area contributed by atoms with Crippen molar-refractivity contribution < 1.29 is 9.59 Å². The van der Waals surface area contributed by atoms with E-state index in [4.69, 9.17) is 5.73 Å². The van der Waals surface area contributed by atoms with Crippen LogP contribution in [0.2, 0.25) is 0 Å². The van der Waals surface area contributed by atoms with Crippen molar-refractivity contribution in [3.63, 3.8) is 0 Å². The maximum absolute atomic E-state index is 11.7. The van der Waals surface area contributed by atoms with E-state index in [0.29, 0.717) is 11.4 Å². The maximum atomic E-state index is 11.7. The van der Waals surface area contributed by atoms with Crippen molar-refractivity contribution >= 4 is 23.2 Å². The molecule has 0 spiro atoms. The second kappa shape index (κ2) is 5.01. The molecule has 1 fully saturated rings. The summed E-state index contributed by atoms with van der Waals surface area (Å²) in [5, 5.41) is 5.56. The smallest absolute Gasteiger partial charge is 0.244 e. The first-order valence-corrected chi connectivity index (χ1v) is 6.42. The van der Waals surface area contributed by atoms with E-state index >= 15 is 0 Å². The molecular formula is C14H19N3O2. The summed E-state index contributed by atoms with van der Waals surface area (Å²) >= 11 is 0. The van der Waals surface area contributed by atoms with Gasteiger partial charge in [-0.1, -0.05) is 13.8 Å². The van der Waals surface area contributed by atoms with E-state index in [2.05, 4.69) is 10.6 Å². The molecule has 19 heavy (non-hydrogen) atoms. The third-order valence-corrected chi connectivity index (χ3v) is 3.18. The third kappa shape index (κ3) is 3.32. The first-order chi connectivity index (χ1) is 8.90. The van der Waals surface area contributed by atoms with Gasteiger partial charge in [-0.15, -0.1) is 0 Å². The molecule has 2 rings (SSSR count). The van der Waals surface area contributed by atoms with E-state index in [1.54, 1.807) is 24.3 Å². The van der Waals surface area contributed by atoms with Crippen LogP contribution in [0.3, 0.4) is 0 Å². The summed E-state index contributed by atoms with van der Waals surface area (Å²) < 4.78 is 0. The van der Waals surface area contributed by atoms with Gasteiger partial charge in [-0.2, -0.15) is 0 Å². The minimum atomic E-state index is -0.676. The molecule has 5 heteroatoms. The zero-order valence-corrected chi connectivity index (χ0v) is 11.2. The van der Waals surface area contributed by atoms with Crippen molar-refractivity contribution in [1.29, 1.82) is 0 Å². The fourth-order valence-corrected chi connectivity index (χ4v) is 1.54. The monoisotopic (exact) mass is 261 g/mol. The number of benzene rings is 1. The Morgan fingerprint density at radius 3 is 2.00 bits per heavy atom. The summed E-state index contributed by atoms with van der Waals surface area (Å²) in [6.45, 7) is 3.67. The third-order valence-electron chi connectivity index (χ3n) is 3.18. The highest BCUT2D eigenvalue weighted by molar-refractivity contribution is 6.00. The van der Waals surface area contributed by atoms with Gasteiger partial charge in [-0.3, -0.25) is 9.59 Å². The molecule has 1 aliphatic carbocycles. The summed E-state index contributed by atoms with van der Waals surface area (Å²) in [4.78, 5) is 23.3. The number of nitrogens with two attached hydrogens (primary N) is 1. The Bertz CT molecular complexity index is 490. The predicted octanol–water partition coefficient (Wildman–Crippen LogP) is 1.71. The molecule has 1 aromatic carbocycles. The van der Waals surface area contributed by atoms with E-state index in [-0.39, 0.29) is 17.7 Å². The van der Waals surface area contributed by atoms with Crippen molar-refractivity contribution in [1.82, 2.24) is 0 Å². The van der Waals surface area contributed by atoms with Crippen LogP contribution in [-0.2, 0) is 9.59 Å². The van der Waals surface area contributed by atoms with Gasteiger partial charge in [0.25, 0.3) is 0 Å². The number of carbonyl (C=O) groups excluding carboxylic acids is 2. The van der Waals surface area contributed by atoms with E-state index in [1.165, 1.54) is 0 Å². The lowest BCUT2D eigenvalue weighted by atomic mass is 10.2. The van der Waals surface area contributed by atoms with E-state index in [0.717, 1.165) is 12.8 Å². The molecule has 0 atom stereocenters. The molecule has 4 N–H and O–H groups in total. The van der Waals surface area contributed by atoms with Crippen LogP contribution in [0.15, 0.2) is 24.3 Å². The van der Waals surface area contributed by atoms with Crippen molar-refractivity contribution in [2.75, 3.05) is 10.6 Å². The van der Waals surface area contributed by atoms with Gasteiger partial charge in [0.15, 0.2) is 0 Å². The van der Waals surface area contributed by atoms with E-state index < -0.39 is 5.54 Å². The molecule has 0 unspecified atom stereocenters. The Morgan fingerprint density at radius 1 is 1.11 bits per heavy atom. The van der Waals surface area contributed by atoms with Gasteiger partial charge in [0.05, 0.1) is 5.54 Å². The van der Waals surface area contributed by atoms with Gasteiger partial charge in [0.1, 0.15) is 0 Å². The van der Waals surface area contributed by atoms with E-state index in [1.807, 2.05) is 13.8 Å². The average Bonchev–Trinajstić information content (AvgIpc) is 3.11. The Balaban J connectivity index is 1.95. The molecule has 0 radical (unpaired) electrons. The van der Waals surface area contributed by atoms with Crippen LogP contribution in [0.25, 0.3) is 0 Å². The van der Waals surface area contributed by atoms with Crippen molar-refractivity contribution in [2.45, 2.75) is 32.2 Å².